The first-order valence-corrected chi connectivity index (χ1v) is 11.7. The number of carbonyl (C=O) groups is 2. The van der Waals surface area contributed by atoms with Gasteiger partial charge in [0, 0.05) is 11.1 Å². The molecule has 2 aromatic heterocycles. The maximum atomic E-state index is 12.9. The average molecular weight is 523 g/mol. The highest BCUT2D eigenvalue weighted by Crippen LogP contribution is 2.27. The van der Waals surface area contributed by atoms with E-state index in [2.05, 4.69) is 0 Å². The normalized spacial score (nSPS) is 11.1. The van der Waals surface area contributed by atoms with E-state index >= 15 is 0 Å². The molecule has 198 valence electrons. The zero-order valence-electron chi connectivity index (χ0n) is 21.2. The second kappa shape index (κ2) is 10.3. The molecule has 11 nitrogen and oxygen atoms in total. The van der Waals surface area contributed by atoms with Crippen LogP contribution in [0.4, 0.5) is 0 Å². The second-order valence-electron chi connectivity index (χ2n) is 8.61. The maximum Gasteiger partial charge on any atom is 0.338 e. The molecule has 2 N–H and O–H groups in total. The largest absolute Gasteiger partial charge is 0.508 e. The Labute approximate surface area is 216 Å². The van der Waals surface area contributed by atoms with E-state index in [0.717, 1.165) is 4.52 Å². The summed E-state index contributed by atoms with van der Waals surface area (Å²) in [6.45, 7) is 4.16. The minimum atomic E-state index is -0.743. The lowest BCUT2D eigenvalue weighted by Crippen LogP contribution is -2.23. The minimum Gasteiger partial charge on any atom is -0.508 e. The molecule has 4 rings (SSSR count). The maximum absolute atomic E-state index is 12.9. The van der Waals surface area contributed by atoms with Gasteiger partial charge in [-0.3, -0.25) is 9.59 Å². The van der Waals surface area contributed by atoms with E-state index < -0.39 is 23.1 Å². The lowest BCUT2D eigenvalue weighted by molar-refractivity contribution is 0.0458. The van der Waals surface area contributed by atoms with Crippen molar-refractivity contribution < 1.29 is 34.0 Å². The molecule has 0 unspecified atom stereocenters. The van der Waals surface area contributed by atoms with E-state index in [1.54, 1.807) is 0 Å². The third-order valence-electron chi connectivity index (χ3n) is 6.39. The molecule has 38 heavy (non-hydrogen) atoms. The van der Waals surface area contributed by atoms with Crippen LogP contribution in [0, 0.1) is 13.8 Å². The van der Waals surface area contributed by atoms with Crippen molar-refractivity contribution in [2.45, 2.75) is 40.4 Å². The lowest BCUT2D eigenvalue weighted by Gasteiger charge is -2.10. The molecule has 2 aromatic carbocycles. The van der Waals surface area contributed by atoms with Crippen molar-refractivity contribution in [3.05, 3.63) is 96.3 Å². The number of hydrogen-bond acceptors (Lipinski definition) is 9. The van der Waals surface area contributed by atoms with Crippen LogP contribution in [0.5, 0.6) is 17.2 Å². The first-order valence-electron chi connectivity index (χ1n) is 11.7. The Morgan fingerprint density at radius 1 is 0.789 bits per heavy atom. The van der Waals surface area contributed by atoms with Gasteiger partial charge in [-0.1, -0.05) is 6.92 Å². The summed E-state index contributed by atoms with van der Waals surface area (Å²) in [6.07, 6.45) is 0.514. The Morgan fingerprint density at radius 3 is 1.79 bits per heavy atom. The second-order valence-corrected chi connectivity index (χ2v) is 8.61. The van der Waals surface area contributed by atoms with Gasteiger partial charge in [0.05, 0.1) is 29.6 Å². The Kier molecular flexibility index (Phi) is 7.11. The van der Waals surface area contributed by atoms with Crippen LogP contribution in [0.1, 0.15) is 55.7 Å². The van der Waals surface area contributed by atoms with Crippen molar-refractivity contribution in [1.29, 1.82) is 0 Å². The van der Waals surface area contributed by atoms with Crippen molar-refractivity contribution in [2.75, 3.05) is 7.11 Å². The van der Waals surface area contributed by atoms with Crippen molar-refractivity contribution in [3.8, 4) is 17.2 Å². The molecule has 0 saturated heterocycles. The van der Waals surface area contributed by atoms with E-state index in [1.807, 2.05) is 6.92 Å². The number of phenols is 2. The number of nitrogens with zero attached hydrogens (tertiary/aromatic N) is 2. The van der Waals surface area contributed by atoms with Crippen LogP contribution in [-0.4, -0.2) is 38.3 Å². The zero-order valence-corrected chi connectivity index (χ0v) is 21.2. The van der Waals surface area contributed by atoms with Gasteiger partial charge in [0.1, 0.15) is 19.0 Å². The molecule has 0 atom stereocenters. The first kappa shape index (κ1) is 26.3. The van der Waals surface area contributed by atoms with Gasteiger partial charge in [0.2, 0.25) is 0 Å². The van der Waals surface area contributed by atoms with Gasteiger partial charge < -0.3 is 24.4 Å². The van der Waals surface area contributed by atoms with Gasteiger partial charge in [-0.05, 0) is 62.2 Å². The topological polar surface area (TPSA) is 145 Å². The van der Waals surface area contributed by atoms with E-state index in [0.29, 0.717) is 12.0 Å². The molecule has 0 amide bonds. The summed E-state index contributed by atoms with van der Waals surface area (Å²) < 4.78 is 18.1. The van der Waals surface area contributed by atoms with E-state index in [9.17, 15) is 29.4 Å². The number of carbonyl (C=O) groups excluding carboxylic acids is 2. The molecule has 0 bridgehead atoms. The molecular weight excluding hydrogens is 496 g/mol. The Balaban J connectivity index is 1.63. The Morgan fingerprint density at radius 2 is 1.29 bits per heavy atom. The van der Waals surface area contributed by atoms with Crippen LogP contribution in [0.2, 0.25) is 0 Å². The summed E-state index contributed by atoms with van der Waals surface area (Å²) in [6, 6.07) is 8.31. The SMILES string of the molecule is CCc1cc(C(=O)OCc2c(C)c(=O)n3c(=O)c(C)c(COC(=O)c4ccc(O)c(OC)c4)n23)ccc1O. The summed E-state index contributed by atoms with van der Waals surface area (Å²) in [5.41, 5.74) is 0.629. The Hall–Kier alpha value is -4.80. The molecule has 4 aromatic rings. The predicted octanol–water partition coefficient (Wildman–Crippen LogP) is 2.51. The minimum absolute atomic E-state index is 0.0702. The quantitative estimate of drug-likeness (QED) is 0.333. The van der Waals surface area contributed by atoms with Crippen LogP contribution in [0.25, 0.3) is 0 Å². The van der Waals surface area contributed by atoms with Gasteiger partial charge >= 0.3 is 11.9 Å². The highest BCUT2D eigenvalue weighted by atomic mass is 16.5. The Bertz CT molecular complexity index is 1550. The number of ether oxygens (including phenoxy) is 3. The van der Waals surface area contributed by atoms with Gasteiger partial charge in [0.15, 0.2) is 11.5 Å². The lowest BCUT2D eigenvalue weighted by atomic mass is 10.1. The number of benzene rings is 2. The number of hydrogen-bond donors (Lipinski definition) is 2. The standard InChI is InChI=1S/C27H26N2O9/c1-5-16-10-17(6-8-21(16)30)26(34)37-12-19-14(2)24(32)29-25(33)15(3)20(28(19)29)13-38-27(35)18-7-9-22(31)23(11-18)36-4/h6-11,30-31H,5,12-13H2,1-4H3. The molecule has 0 spiro atoms. The van der Waals surface area contributed by atoms with Crippen molar-refractivity contribution in [3.63, 3.8) is 0 Å². The summed E-state index contributed by atoms with van der Waals surface area (Å²) in [5.74, 6) is -1.40. The van der Waals surface area contributed by atoms with Crippen molar-refractivity contribution in [2.24, 2.45) is 0 Å². The highest BCUT2D eigenvalue weighted by Gasteiger charge is 2.25. The third-order valence-corrected chi connectivity index (χ3v) is 6.39. The van der Waals surface area contributed by atoms with E-state index in [-0.39, 0.29) is 64.1 Å². The first-order chi connectivity index (χ1) is 18.1. The summed E-state index contributed by atoms with van der Waals surface area (Å²) >= 11 is 0. The highest BCUT2D eigenvalue weighted by molar-refractivity contribution is 5.90. The van der Waals surface area contributed by atoms with Crippen LogP contribution in [0.3, 0.4) is 0 Å². The van der Waals surface area contributed by atoms with Gasteiger partial charge in [-0.15, -0.1) is 0 Å². The smallest absolute Gasteiger partial charge is 0.338 e. The summed E-state index contributed by atoms with van der Waals surface area (Å²) in [5, 5.41) is 19.6. The fourth-order valence-electron chi connectivity index (χ4n) is 4.13. The molecule has 11 heteroatoms. The summed E-state index contributed by atoms with van der Waals surface area (Å²) in [4.78, 5) is 51.1. The fourth-order valence-corrected chi connectivity index (χ4v) is 4.13. The van der Waals surface area contributed by atoms with Crippen LogP contribution < -0.4 is 15.9 Å². The van der Waals surface area contributed by atoms with Crippen molar-refractivity contribution >= 4 is 11.9 Å². The van der Waals surface area contributed by atoms with E-state index in [1.165, 1.54) is 61.9 Å². The van der Waals surface area contributed by atoms with Gasteiger partial charge in [0.25, 0.3) is 11.1 Å². The van der Waals surface area contributed by atoms with E-state index in [4.69, 9.17) is 14.2 Å². The third kappa shape index (κ3) is 4.54. The predicted molar refractivity (Wildman–Crippen MR) is 134 cm³/mol. The van der Waals surface area contributed by atoms with Crippen LogP contribution in [0.15, 0.2) is 46.0 Å². The molecule has 0 fully saturated rings. The van der Waals surface area contributed by atoms with Crippen LogP contribution in [-0.2, 0) is 29.1 Å². The van der Waals surface area contributed by atoms with Gasteiger partial charge in [-0.2, -0.15) is 4.52 Å². The number of rotatable bonds is 8. The number of aromatic nitrogens is 2. The average Bonchev–Trinajstić information content (AvgIpc) is 3.30. The molecule has 0 radical (unpaired) electrons. The zero-order chi connectivity index (χ0) is 27.7. The number of aryl methyl sites for hydroxylation is 1. The molecule has 0 aliphatic heterocycles. The number of fused-ring (bicyclic) bond motifs is 1. The molecule has 2 heterocycles. The van der Waals surface area contributed by atoms with Crippen LogP contribution >= 0.6 is 0 Å². The van der Waals surface area contributed by atoms with Gasteiger partial charge in [-0.25, -0.2) is 14.1 Å². The molecular formula is C27H26N2O9. The number of aromatic hydroxyl groups is 2. The number of phenolic OH excluding ortho intramolecular Hbond substituents is 2. The molecule has 0 saturated carbocycles. The number of methoxy groups -OCH3 is 1. The molecule has 0 aliphatic carbocycles. The number of esters is 2. The molecule has 0 aliphatic rings. The fraction of sp³-hybridized carbons (Fsp3) is 0.259. The summed E-state index contributed by atoms with van der Waals surface area (Å²) in [7, 11) is 1.34. The monoisotopic (exact) mass is 522 g/mol. The van der Waals surface area contributed by atoms with Crippen molar-refractivity contribution in [1.82, 2.24) is 9.03 Å².